The standard InChI is InChI=1S/C20H21FN4O2/c1-24-13-14(12-22-24)18-9-3-2-6-10-25(18)20(26)19-11-17(23-27-19)15-7-4-5-8-16(15)21/h4-5,7-8,11-13,18H,2-3,6,9-10H2,1H3/t18-/m1/s1. The Kier molecular flexibility index (Phi) is 4.75. The first-order valence-corrected chi connectivity index (χ1v) is 9.14. The number of carbonyl (C=O) groups is 1. The third-order valence-corrected chi connectivity index (χ3v) is 4.99. The molecule has 3 aromatic rings. The van der Waals surface area contributed by atoms with E-state index in [1.54, 1.807) is 29.1 Å². The van der Waals surface area contributed by atoms with E-state index < -0.39 is 5.82 Å². The molecule has 1 aromatic carbocycles. The molecule has 0 unspecified atom stereocenters. The normalized spacial score (nSPS) is 17.7. The largest absolute Gasteiger partial charge is 0.350 e. The van der Waals surface area contributed by atoms with Gasteiger partial charge in [-0.15, -0.1) is 0 Å². The van der Waals surface area contributed by atoms with Gasteiger partial charge in [0.15, 0.2) is 0 Å². The number of nitrogens with zero attached hydrogens (tertiary/aromatic N) is 4. The molecule has 140 valence electrons. The molecule has 0 saturated carbocycles. The van der Waals surface area contributed by atoms with Crippen molar-refractivity contribution in [3.8, 4) is 11.3 Å². The highest BCUT2D eigenvalue weighted by Gasteiger charge is 2.30. The Balaban J connectivity index is 1.63. The molecule has 3 heterocycles. The average Bonchev–Trinajstić information content (AvgIpc) is 3.25. The van der Waals surface area contributed by atoms with Gasteiger partial charge in [-0.1, -0.05) is 30.1 Å². The quantitative estimate of drug-likeness (QED) is 0.702. The molecule has 4 rings (SSSR count). The van der Waals surface area contributed by atoms with Gasteiger partial charge in [0, 0.05) is 37.0 Å². The van der Waals surface area contributed by atoms with E-state index in [0.29, 0.717) is 17.8 Å². The van der Waals surface area contributed by atoms with Crippen LogP contribution >= 0.6 is 0 Å². The summed E-state index contributed by atoms with van der Waals surface area (Å²) in [7, 11) is 1.86. The molecule has 0 bridgehead atoms. The average molecular weight is 368 g/mol. The summed E-state index contributed by atoms with van der Waals surface area (Å²) in [4.78, 5) is 15.0. The maximum atomic E-state index is 14.0. The minimum atomic E-state index is -0.396. The van der Waals surface area contributed by atoms with Crippen molar-refractivity contribution in [3.63, 3.8) is 0 Å². The van der Waals surface area contributed by atoms with Crippen LogP contribution in [0.4, 0.5) is 4.39 Å². The Morgan fingerprint density at radius 3 is 2.89 bits per heavy atom. The number of aryl methyl sites for hydroxylation is 1. The second-order valence-corrected chi connectivity index (χ2v) is 6.87. The van der Waals surface area contributed by atoms with Crippen molar-refractivity contribution in [2.75, 3.05) is 6.54 Å². The van der Waals surface area contributed by atoms with Crippen LogP contribution in [0.1, 0.15) is 47.8 Å². The highest BCUT2D eigenvalue weighted by Crippen LogP contribution is 2.32. The van der Waals surface area contributed by atoms with Crippen LogP contribution in [0.3, 0.4) is 0 Å². The Morgan fingerprint density at radius 2 is 2.11 bits per heavy atom. The van der Waals surface area contributed by atoms with Crippen LogP contribution in [0.25, 0.3) is 11.3 Å². The van der Waals surface area contributed by atoms with Crippen molar-refractivity contribution < 1.29 is 13.7 Å². The van der Waals surface area contributed by atoms with Gasteiger partial charge in [-0.3, -0.25) is 9.48 Å². The summed E-state index contributed by atoms with van der Waals surface area (Å²) in [5.41, 5.74) is 1.66. The number of rotatable bonds is 3. The fourth-order valence-electron chi connectivity index (χ4n) is 3.62. The van der Waals surface area contributed by atoms with Crippen molar-refractivity contribution in [1.29, 1.82) is 0 Å². The van der Waals surface area contributed by atoms with Crippen molar-refractivity contribution in [2.24, 2.45) is 7.05 Å². The van der Waals surface area contributed by atoms with E-state index in [1.165, 1.54) is 12.1 Å². The summed E-state index contributed by atoms with van der Waals surface area (Å²) in [5.74, 6) is -0.488. The second-order valence-electron chi connectivity index (χ2n) is 6.87. The number of halogens is 1. The molecular weight excluding hydrogens is 347 g/mol. The van der Waals surface area contributed by atoms with Gasteiger partial charge >= 0.3 is 0 Å². The van der Waals surface area contributed by atoms with E-state index in [9.17, 15) is 9.18 Å². The zero-order chi connectivity index (χ0) is 18.8. The first kappa shape index (κ1) is 17.5. The van der Waals surface area contributed by atoms with E-state index in [4.69, 9.17) is 4.52 Å². The molecule has 0 spiro atoms. The first-order valence-electron chi connectivity index (χ1n) is 9.14. The number of likely N-dealkylation sites (tertiary alicyclic amines) is 1. The highest BCUT2D eigenvalue weighted by molar-refractivity contribution is 5.92. The third kappa shape index (κ3) is 3.49. The maximum absolute atomic E-state index is 14.0. The van der Waals surface area contributed by atoms with Gasteiger partial charge in [-0.05, 0) is 25.0 Å². The molecule has 1 saturated heterocycles. The molecule has 0 aliphatic carbocycles. The topological polar surface area (TPSA) is 64.2 Å². The molecule has 1 aliphatic heterocycles. The molecule has 1 amide bonds. The summed E-state index contributed by atoms with van der Waals surface area (Å²) in [6.45, 7) is 0.647. The van der Waals surface area contributed by atoms with E-state index in [0.717, 1.165) is 31.2 Å². The van der Waals surface area contributed by atoms with Crippen molar-refractivity contribution in [2.45, 2.75) is 31.7 Å². The van der Waals surface area contributed by atoms with Crippen LogP contribution in [0, 0.1) is 5.82 Å². The van der Waals surface area contributed by atoms with E-state index >= 15 is 0 Å². The minimum Gasteiger partial charge on any atom is -0.350 e. The molecule has 1 fully saturated rings. The lowest BCUT2D eigenvalue weighted by Gasteiger charge is -2.28. The number of amides is 1. The third-order valence-electron chi connectivity index (χ3n) is 4.99. The lowest BCUT2D eigenvalue weighted by atomic mass is 10.0. The lowest BCUT2D eigenvalue weighted by molar-refractivity contribution is 0.0638. The van der Waals surface area contributed by atoms with Crippen molar-refractivity contribution >= 4 is 5.91 Å². The van der Waals surface area contributed by atoms with Crippen molar-refractivity contribution in [1.82, 2.24) is 19.8 Å². The molecule has 6 nitrogen and oxygen atoms in total. The molecule has 0 N–H and O–H groups in total. The zero-order valence-corrected chi connectivity index (χ0v) is 15.1. The molecule has 0 radical (unpaired) electrons. The number of hydrogen-bond acceptors (Lipinski definition) is 4. The minimum absolute atomic E-state index is 0.0456. The van der Waals surface area contributed by atoms with Gasteiger partial charge < -0.3 is 9.42 Å². The van der Waals surface area contributed by atoms with Gasteiger partial charge in [0.2, 0.25) is 5.76 Å². The molecule has 7 heteroatoms. The van der Waals surface area contributed by atoms with Crippen LogP contribution in [-0.4, -0.2) is 32.3 Å². The van der Waals surface area contributed by atoms with Gasteiger partial charge in [0.25, 0.3) is 5.91 Å². The van der Waals surface area contributed by atoms with Gasteiger partial charge in [-0.25, -0.2) is 4.39 Å². The Morgan fingerprint density at radius 1 is 1.26 bits per heavy atom. The fourth-order valence-corrected chi connectivity index (χ4v) is 3.62. The molecule has 1 atom stereocenters. The van der Waals surface area contributed by atoms with Gasteiger partial charge in [0.1, 0.15) is 11.5 Å². The number of aromatic nitrogens is 3. The van der Waals surface area contributed by atoms with E-state index in [1.807, 2.05) is 18.1 Å². The summed E-state index contributed by atoms with van der Waals surface area (Å²) in [5, 5.41) is 8.15. The predicted molar refractivity (Wildman–Crippen MR) is 97.4 cm³/mol. The monoisotopic (exact) mass is 368 g/mol. The summed E-state index contributed by atoms with van der Waals surface area (Å²) in [6, 6.07) is 7.79. The fraction of sp³-hybridized carbons (Fsp3) is 0.350. The summed E-state index contributed by atoms with van der Waals surface area (Å²) in [6.07, 6.45) is 7.71. The van der Waals surface area contributed by atoms with Crippen LogP contribution in [0.5, 0.6) is 0 Å². The van der Waals surface area contributed by atoms with Gasteiger partial charge in [-0.2, -0.15) is 5.10 Å². The Labute approximate surface area is 156 Å². The number of carbonyl (C=O) groups excluding carboxylic acids is 1. The predicted octanol–water partition coefficient (Wildman–Crippen LogP) is 3.97. The van der Waals surface area contributed by atoms with Crippen LogP contribution in [0.2, 0.25) is 0 Å². The number of benzene rings is 1. The van der Waals surface area contributed by atoms with Crippen LogP contribution in [0.15, 0.2) is 47.2 Å². The first-order chi connectivity index (χ1) is 13.1. The van der Waals surface area contributed by atoms with E-state index in [-0.39, 0.29) is 17.7 Å². The van der Waals surface area contributed by atoms with Gasteiger partial charge in [0.05, 0.1) is 12.2 Å². The highest BCUT2D eigenvalue weighted by atomic mass is 19.1. The summed E-state index contributed by atoms with van der Waals surface area (Å²) < 4.78 is 21.0. The molecular formula is C20H21FN4O2. The Hall–Kier alpha value is -2.96. The van der Waals surface area contributed by atoms with Crippen molar-refractivity contribution in [3.05, 3.63) is 59.9 Å². The molecule has 2 aromatic heterocycles. The van der Waals surface area contributed by atoms with E-state index in [2.05, 4.69) is 10.3 Å². The smallest absolute Gasteiger partial charge is 0.292 e. The second kappa shape index (κ2) is 7.34. The maximum Gasteiger partial charge on any atom is 0.292 e. The molecule has 27 heavy (non-hydrogen) atoms. The molecule has 1 aliphatic rings. The van der Waals surface area contributed by atoms with Crippen LogP contribution < -0.4 is 0 Å². The Bertz CT molecular complexity index is 949. The van der Waals surface area contributed by atoms with Crippen LogP contribution in [-0.2, 0) is 7.05 Å². The number of hydrogen-bond donors (Lipinski definition) is 0. The SMILES string of the molecule is Cn1cc([C@H]2CCCCCN2C(=O)c2cc(-c3ccccc3F)no2)cn1. The summed E-state index contributed by atoms with van der Waals surface area (Å²) >= 11 is 0. The lowest BCUT2D eigenvalue weighted by Crippen LogP contribution is -2.34. The zero-order valence-electron chi connectivity index (χ0n) is 15.1.